The molecule has 0 radical (unpaired) electrons. The summed E-state index contributed by atoms with van der Waals surface area (Å²) in [6, 6.07) is -1.32. The van der Waals surface area contributed by atoms with Gasteiger partial charge in [-0.1, -0.05) is 0 Å². The van der Waals surface area contributed by atoms with E-state index >= 15 is 0 Å². The van der Waals surface area contributed by atoms with Crippen LogP contribution >= 0.6 is 0 Å². The van der Waals surface area contributed by atoms with E-state index in [1.165, 1.54) is 0 Å². The second kappa shape index (κ2) is 7.63. The van der Waals surface area contributed by atoms with E-state index in [-0.39, 0.29) is 19.3 Å². The van der Waals surface area contributed by atoms with Gasteiger partial charge in [0, 0.05) is 12.8 Å². The summed E-state index contributed by atoms with van der Waals surface area (Å²) in [6.45, 7) is 0.376. The maximum atomic E-state index is 12.0. The van der Waals surface area contributed by atoms with E-state index in [0.717, 1.165) is 0 Å². The van der Waals surface area contributed by atoms with Gasteiger partial charge in [0.05, 0.1) is 6.42 Å². The third-order valence-electron chi connectivity index (χ3n) is 3.25. The molecule has 21 heavy (non-hydrogen) atoms. The lowest BCUT2D eigenvalue weighted by atomic mass is 10.0. The Hall–Kier alpha value is -2.09. The Morgan fingerprint density at radius 2 is 1.76 bits per heavy atom. The number of hydrogen-bond donors (Lipinski definition) is 2. The maximum absolute atomic E-state index is 12.0. The first-order valence-corrected chi connectivity index (χ1v) is 6.72. The van der Waals surface area contributed by atoms with Crippen LogP contribution in [0, 0.1) is 0 Å². The molecule has 0 aromatic rings. The number of aliphatic carboxylic acids is 1. The molecule has 1 atom stereocenters. The van der Waals surface area contributed by atoms with Gasteiger partial charge in [0.15, 0.2) is 5.78 Å². The highest BCUT2D eigenvalue weighted by atomic mass is 16.4. The van der Waals surface area contributed by atoms with Gasteiger partial charge in [-0.2, -0.15) is 0 Å². The predicted molar refractivity (Wildman–Crippen MR) is 70.0 cm³/mol. The molecular weight excluding hydrogens is 280 g/mol. The van der Waals surface area contributed by atoms with Crippen LogP contribution in [0.15, 0.2) is 0 Å². The predicted octanol–water partition coefficient (Wildman–Crippen LogP) is -0.754. The molecule has 0 aromatic carbocycles. The van der Waals surface area contributed by atoms with Crippen LogP contribution in [-0.2, 0) is 24.0 Å². The molecular formula is C13H18N2O6. The summed E-state index contributed by atoms with van der Waals surface area (Å²) in [7, 11) is 0. The monoisotopic (exact) mass is 298 g/mol. The standard InChI is InChI=1S/C13H18N2O6/c14-6-2-1-3-8(13(20)21)15-11(18)5-4-9(16)10(17)7-12(15)19/h8H,1-7,14H2,(H,20,21)/t8-/m0/s1. The van der Waals surface area contributed by atoms with Crippen LogP contribution < -0.4 is 5.73 Å². The van der Waals surface area contributed by atoms with E-state index in [0.29, 0.717) is 24.3 Å². The zero-order valence-corrected chi connectivity index (χ0v) is 11.5. The molecule has 0 spiro atoms. The highest BCUT2D eigenvalue weighted by Crippen LogP contribution is 2.16. The van der Waals surface area contributed by atoms with Gasteiger partial charge in [-0.3, -0.25) is 24.1 Å². The normalized spacial score (nSPS) is 18.4. The number of carbonyl (C=O) groups excluding carboxylic acids is 4. The van der Waals surface area contributed by atoms with Crippen molar-refractivity contribution >= 4 is 29.4 Å². The molecule has 0 bridgehead atoms. The van der Waals surface area contributed by atoms with Gasteiger partial charge >= 0.3 is 5.97 Å². The van der Waals surface area contributed by atoms with Gasteiger partial charge in [-0.15, -0.1) is 0 Å². The molecule has 1 fully saturated rings. The smallest absolute Gasteiger partial charge is 0.326 e. The average Bonchev–Trinajstić information content (AvgIpc) is 2.42. The lowest BCUT2D eigenvalue weighted by Crippen LogP contribution is -2.50. The number of nitrogens with two attached hydrogens (primary N) is 1. The minimum Gasteiger partial charge on any atom is -0.480 e. The van der Waals surface area contributed by atoms with Crippen molar-refractivity contribution in [2.24, 2.45) is 5.73 Å². The summed E-state index contributed by atoms with van der Waals surface area (Å²) in [5.74, 6) is -4.64. The van der Waals surface area contributed by atoms with Crippen LogP contribution in [0.5, 0.6) is 0 Å². The Kier molecular flexibility index (Phi) is 6.16. The topological polar surface area (TPSA) is 135 Å². The van der Waals surface area contributed by atoms with Gasteiger partial charge in [0.1, 0.15) is 6.04 Å². The van der Waals surface area contributed by atoms with Gasteiger partial charge in [-0.25, -0.2) is 4.79 Å². The van der Waals surface area contributed by atoms with E-state index < -0.39 is 41.8 Å². The van der Waals surface area contributed by atoms with E-state index in [9.17, 15) is 29.1 Å². The summed E-state index contributed by atoms with van der Waals surface area (Å²) >= 11 is 0. The van der Waals surface area contributed by atoms with Crippen LogP contribution in [0.3, 0.4) is 0 Å². The Morgan fingerprint density at radius 1 is 1.10 bits per heavy atom. The van der Waals surface area contributed by atoms with Crippen LogP contribution in [-0.4, -0.2) is 51.9 Å². The number of imide groups is 1. The lowest BCUT2D eigenvalue weighted by Gasteiger charge is -2.28. The zero-order chi connectivity index (χ0) is 16.0. The fourth-order valence-electron chi connectivity index (χ4n) is 2.13. The molecule has 3 N–H and O–H groups in total. The summed E-state index contributed by atoms with van der Waals surface area (Å²) in [5.41, 5.74) is 5.33. The van der Waals surface area contributed by atoms with Crippen LogP contribution in [0.1, 0.15) is 38.5 Å². The third kappa shape index (κ3) is 4.45. The number of rotatable bonds is 6. The first-order valence-electron chi connectivity index (χ1n) is 6.72. The molecule has 8 nitrogen and oxygen atoms in total. The number of amides is 2. The van der Waals surface area contributed by atoms with Crippen molar-refractivity contribution < 1.29 is 29.1 Å². The van der Waals surface area contributed by atoms with Crippen molar-refractivity contribution in [1.29, 1.82) is 0 Å². The summed E-state index contributed by atoms with van der Waals surface area (Å²) in [4.78, 5) is 58.5. The largest absolute Gasteiger partial charge is 0.480 e. The zero-order valence-electron chi connectivity index (χ0n) is 11.5. The van der Waals surface area contributed by atoms with Gasteiger partial charge < -0.3 is 10.8 Å². The molecule has 1 rings (SSSR count). The van der Waals surface area contributed by atoms with E-state index in [1.54, 1.807) is 0 Å². The maximum Gasteiger partial charge on any atom is 0.326 e. The van der Waals surface area contributed by atoms with Crippen molar-refractivity contribution in [2.45, 2.75) is 44.6 Å². The SMILES string of the molecule is NCCCC[C@@H](C(=O)O)N1C(=O)CCC(=O)C(=O)CC1=O. The number of Topliss-reactive ketones (excluding diaryl/α,β-unsaturated/α-hetero) is 2. The molecule has 8 heteroatoms. The fourth-order valence-corrected chi connectivity index (χ4v) is 2.13. The lowest BCUT2D eigenvalue weighted by molar-refractivity contribution is -0.160. The Balaban J connectivity index is 2.94. The van der Waals surface area contributed by atoms with Crippen molar-refractivity contribution in [3.63, 3.8) is 0 Å². The van der Waals surface area contributed by atoms with Crippen molar-refractivity contribution in [2.75, 3.05) is 6.54 Å². The Morgan fingerprint density at radius 3 is 2.33 bits per heavy atom. The van der Waals surface area contributed by atoms with Crippen LogP contribution in [0.25, 0.3) is 0 Å². The summed E-state index contributed by atoms with van der Waals surface area (Å²) in [6.07, 6.45) is -0.306. The molecule has 1 aliphatic rings. The van der Waals surface area contributed by atoms with Gasteiger partial charge in [0.25, 0.3) is 0 Å². The highest BCUT2D eigenvalue weighted by Gasteiger charge is 2.37. The molecule has 1 aliphatic heterocycles. The number of carboxylic acids is 1. The number of carbonyl (C=O) groups is 5. The highest BCUT2D eigenvalue weighted by molar-refractivity contribution is 6.41. The fraction of sp³-hybridized carbons (Fsp3) is 0.615. The first-order chi connectivity index (χ1) is 9.88. The quantitative estimate of drug-likeness (QED) is 0.285. The third-order valence-corrected chi connectivity index (χ3v) is 3.25. The van der Waals surface area contributed by atoms with E-state index in [1.807, 2.05) is 0 Å². The van der Waals surface area contributed by atoms with Crippen molar-refractivity contribution in [1.82, 2.24) is 4.90 Å². The molecule has 0 aliphatic carbocycles. The molecule has 0 aromatic heterocycles. The minimum absolute atomic E-state index is 0.0755. The summed E-state index contributed by atoms with van der Waals surface area (Å²) in [5, 5.41) is 9.21. The Labute approximate surface area is 121 Å². The molecule has 0 saturated carbocycles. The van der Waals surface area contributed by atoms with Crippen LogP contribution in [0.4, 0.5) is 0 Å². The second-order valence-corrected chi connectivity index (χ2v) is 4.82. The molecule has 0 unspecified atom stereocenters. The Bertz CT molecular complexity index is 473. The minimum atomic E-state index is -1.32. The average molecular weight is 298 g/mol. The van der Waals surface area contributed by atoms with E-state index in [4.69, 9.17) is 5.73 Å². The van der Waals surface area contributed by atoms with Gasteiger partial charge in [-0.05, 0) is 25.8 Å². The number of unbranched alkanes of at least 4 members (excludes halogenated alkanes) is 1. The van der Waals surface area contributed by atoms with Gasteiger partial charge in [0.2, 0.25) is 17.6 Å². The number of likely N-dealkylation sites (tertiary alicyclic amines) is 1. The molecule has 1 saturated heterocycles. The number of carboxylic acid groups (broad SMARTS) is 1. The van der Waals surface area contributed by atoms with Crippen LogP contribution in [0.2, 0.25) is 0 Å². The number of ketones is 2. The molecule has 1 heterocycles. The molecule has 116 valence electrons. The van der Waals surface area contributed by atoms with Crippen molar-refractivity contribution in [3.8, 4) is 0 Å². The van der Waals surface area contributed by atoms with Crippen molar-refractivity contribution in [3.05, 3.63) is 0 Å². The first kappa shape index (κ1) is 17.0. The number of hydrogen-bond acceptors (Lipinski definition) is 6. The summed E-state index contributed by atoms with van der Waals surface area (Å²) < 4.78 is 0. The van der Waals surface area contributed by atoms with E-state index in [2.05, 4.69) is 0 Å². The number of nitrogens with zero attached hydrogens (tertiary/aromatic N) is 1. The molecule has 2 amide bonds. The second-order valence-electron chi connectivity index (χ2n) is 4.82.